The molecular weight excluding hydrogens is 803 g/mol. The number of nitrogens with zero attached hydrogens (tertiary/aromatic N) is 4. The van der Waals surface area contributed by atoms with E-state index in [1.807, 2.05) is 12.1 Å². The molecule has 0 radical (unpaired) electrons. The minimum atomic E-state index is -1.26. The van der Waals surface area contributed by atoms with Gasteiger partial charge in [-0.2, -0.15) is 10.2 Å². The van der Waals surface area contributed by atoms with E-state index in [-0.39, 0.29) is 48.6 Å². The number of hydrogen-bond acceptors (Lipinski definition) is 13. The van der Waals surface area contributed by atoms with Crippen LogP contribution >= 0.6 is 0 Å². The van der Waals surface area contributed by atoms with E-state index in [4.69, 9.17) is 40.1 Å². The summed E-state index contributed by atoms with van der Waals surface area (Å²) in [6.45, 7) is 0. The van der Waals surface area contributed by atoms with Gasteiger partial charge in [0.25, 0.3) is 0 Å². The molecule has 0 aliphatic carbocycles. The molecule has 6 aromatic carbocycles. The van der Waals surface area contributed by atoms with Gasteiger partial charge in [0.2, 0.25) is 11.8 Å². The van der Waals surface area contributed by atoms with Crippen molar-refractivity contribution >= 4 is 63.1 Å². The molecule has 0 bridgehead atoms. The van der Waals surface area contributed by atoms with Gasteiger partial charge < -0.3 is 45.2 Å². The zero-order valence-corrected chi connectivity index (χ0v) is 31.5. The van der Waals surface area contributed by atoms with Gasteiger partial charge in [0.05, 0.1) is 24.2 Å². The summed E-state index contributed by atoms with van der Waals surface area (Å²) in [5.41, 5.74) is 12.1. The lowest BCUT2D eigenvalue weighted by Crippen LogP contribution is -1.99. The number of benzene rings is 6. The summed E-state index contributed by atoms with van der Waals surface area (Å²) in [7, 11) is 0. The Balaban J connectivity index is 0.000000199. The fraction of sp³-hybridized carbons (Fsp3) is 0.0667. The summed E-state index contributed by atoms with van der Waals surface area (Å²) in [6, 6.07) is 34.1. The quantitative estimate of drug-likeness (QED) is 0.0498. The van der Waals surface area contributed by atoms with Crippen molar-refractivity contribution in [1.29, 1.82) is 0 Å². The van der Waals surface area contributed by atoms with Gasteiger partial charge >= 0.3 is 23.9 Å². The smallest absolute Gasteiger partial charge is 0.339 e. The van der Waals surface area contributed by atoms with Crippen LogP contribution in [0.3, 0.4) is 0 Å². The van der Waals surface area contributed by atoms with Crippen molar-refractivity contribution in [1.82, 2.24) is 9.97 Å². The van der Waals surface area contributed by atoms with Crippen LogP contribution in [0.5, 0.6) is 11.5 Å². The Morgan fingerprint density at radius 1 is 0.532 bits per heavy atom. The number of aromatic nitrogens is 2. The number of carbonyl (C=O) groups is 4. The molecule has 17 heteroatoms. The third kappa shape index (κ3) is 11.4. The van der Waals surface area contributed by atoms with Gasteiger partial charge in [-0.25, -0.2) is 19.6 Å². The number of aromatic carboxylic acids is 2. The van der Waals surface area contributed by atoms with Gasteiger partial charge in [0.1, 0.15) is 33.7 Å². The molecule has 0 aliphatic heterocycles. The molecule has 0 fully saturated rings. The molecule has 62 heavy (non-hydrogen) atoms. The zero-order valence-electron chi connectivity index (χ0n) is 31.5. The van der Waals surface area contributed by atoms with E-state index < -0.39 is 23.9 Å². The van der Waals surface area contributed by atoms with E-state index >= 15 is 0 Å². The van der Waals surface area contributed by atoms with Gasteiger partial charge in [-0.05, 0) is 114 Å². The van der Waals surface area contributed by atoms with E-state index in [0.29, 0.717) is 62.0 Å². The number of fused-ring (bicyclic) bond motifs is 2. The number of nitrogen functional groups attached to an aromatic ring is 1. The molecule has 8 N–H and O–H groups in total. The van der Waals surface area contributed by atoms with E-state index in [1.54, 1.807) is 84.9 Å². The van der Waals surface area contributed by atoms with Crippen LogP contribution in [0.2, 0.25) is 0 Å². The first-order valence-electron chi connectivity index (χ1n) is 17.9. The first-order valence-corrected chi connectivity index (χ1v) is 17.9. The number of carboxylic acids is 4. The van der Waals surface area contributed by atoms with E-state index in [1.165, 1.54) is 30.3 Å². The number of hydrogen-bond donors (Lipinski definition) is 7. The van der Waals surface area contributed by atoms with Crippen LogP contribution in [0.25, 0.3) is 45.1 Å². The van der Waals surface area contributed by atoms with Gasteiger partial charge in [-0.1, -0.05) is 31.7 Å². The molecule has 0 saturated carbocycles. The molecule has 0 spiro atoms. The summed E-state index contributed by atoms with van der Waals surface area (Å²) in [5, 5.41) is 61.7. The number of nitrogens with two attached hydrogens (primary N) is 1. The second-order valence-corrected chi connectivity index (χ2v) is 13.0. The van der Waals surface area contributed by atoms with Crippen molar-refractivity contribution in [3.8, 4) is 34.4 Å². The number of para-hydroxylation sites is 1. The number of aromatic hydroxyl groups is 2. The number of aliphatic carboxylic acids is 2. The normalized spacial score (nSPS) is 10.6. The summed E-state index contributed by atoms with van der Waals surface area (Å²) in [6.07, 6.45) is -0.118. The Hall–Kier alpha value is -8.86. The highest BCUT2D eigenvalue weighted by atomic mass is 16.4. The van der Waals surface area contributed by atoms with Crippen molar-refractivity contribution < 1.29 is 58.7 Å². The standard InChI is InChI=1S/C22H15N3O6.C15H12N2O3.C7H6O3.CH4/c26-18-7-6-15(11-16(18)22(29)30)25-24-14-4-2-13(3-5-14)21-23-17-9-12(10-20(27)28)1-8-19(17)31-21;16-11-4-2-10(3-5-11)15-17-12-7-9(8-14(18)19)1-6-13(12)20-15;8-6-4-2-1-3-5(6)7(9)10;/h1-9,11,26H,10H2,(H,27,28)(H,29,30);1-7H,8,16H2,(H,18,19);1-4,8H,(H,9,10);1H4. The van der Waals surface area contributed by atoms with Crippen LogP contribution in [0.15, 0.2) is 146 Å². The van der Waals surface area contributed by atoms with Crippen LogP contribution < -0.4 is 5.73 Å². The zero-order chi connectivity index (χ0) is 43.6. The molecule has 8 aromatic rings. The molecule has 2 heterocycles. The SMILES string of the molecule is C.Nc1ccc(-c2nc3cc(CC(=O)O)ccc3o2)cc1.O=C(O)Cc1ccc2oc(-c3ccc(N=Nc4ccc(O)c(C(=O)O)c4)cc3)nc2c1.O=C(O)c1ccccc1O. The number of rotatable bonds is 10. The summed E-state index contributed by atoms with van der Waals surface area (Å²) in [5.74, 6) is -3.82. The first kappa shape index (κ1) is 44.2. The molecule has 17 nitrogen and oxygen atoms in total. The molecular formula is C45H37N5O12. The predicted octanol–water partition coefficient (Wildman–Crippen LogP) is 9.37. The topological polar surface area (TPSA) is 292 Å². The van der Waals surface area contributed by atoms with Crippen molar-refractivity contribution in [2.75, 3.05) is 5.73 Å². The van der Waals surface area contributed by atoms with Crippen LogP contribution in [-0.4, -0.2) is 64.5 Å². The third-order valence-corrected chi connectivity index (χ3v) is 8.51. The Kier molecular flexibility index (Phi) is 14.1. The summed E-state index contributed by atoms with van der Waals surface area (Å²) >= 11 is 0. The Labute approximate surface area is 351 Å². The highest BCUT2D eigenvalue weighted by Gasteiger charge is 2.13. The first-order chi connectivity index (χ1) is 29.2. The van der Waals surface area contributed by atoms with Gasteiger partial charge in [-0.15, -0.1) is 0 Å². The number of anilines is 1. The number of azo groups is 1. The Morgan fingerprint density at radius 3 is 1.45 bits per heavy atom. The number of oxazole rings is 2. The molecule has 0 atom stereocenters. The lowest BCUT2D eigenvalue weighted by molar-refractivity contribution is -0.137. The summed E-state index contributed by atoms with van der Waals surface area (Å²) in [4.78, 5) is 51.7. The maximum absolute atomic E-state index is 11.1. The Morgan fingerprint density at radius 2 is 0.984 bits per heavy atom. The molecule has 0 amide bonds. The van der Waals surface area contributed by atoms with Crippen molar-refractivity contribution in [3.05, 3.63) is 150 Å². The van der Waals surface area contributed by atoms with E-state index in [9.17, 15) is 24.3 Å². The van der Waals surface area contributed by atoms with Crippen LogP contribution in [0.4, 0.5) is 17.1 Å². The maximum atomic E-state index is 11.1. The van der Waals surface area contributed by atoms with Gasteiger partial charge in [0.15, 0.2) is 11.2 Å². The highest BCUT2D eigenvalue weighted by Crippen LogP contribution is 2.29. The molecule has 0 saturated heterocycles. The minimum absolute atomic E-state index is 0. The lowest BCUT2D eigenvalue weighted by Gasteiger charge is -2.00. The van der Waals surface area contributed by atoms with Crippen LogP contribution in [-0.2, 0) is 22.4 Å². The maximum Gasteiger partial charge on any atom is 0.339 e. The molecule has 8 rings (SSSR count). The lowest BCUT2D eigenvalue weighted by atomic mass is 10.1. The predicted molar refractivity (Wildman–Crippen MR) is 227 cm³/mol. The van der Waals surface area contributed by atoms with E-state index in [0.717, 1.165) is 5.56 Å². The third-order valence-electron chi connectivity index (χ3n) is 8.51. The second kappa shape index (κ2) is 19.7. The highest BCUT2D eigenvalue weighted by molar-refractivity contribution is 5.92. The van der Waals surface area contributed by atoms with Gasteiger partial charge in [-0.3, -0.25) is 9.59 Å². The number of phenols is 2. The van der Waals surface area contributed by atoms with Crippen molar-refractivity contribution in [2.24, 2.45) is 10.2 Å². The van der Waals surface area contributed by atoms with Crippen molar-refractivity contribution in [3.63, 3.8) is 0 Å². The average molecular weight is 840 g/mol. The van der Waals surface area contributed by atoms with Gasteiger partial charge in [0, 0.05) is 16.8 Å². The number of carboxylic acid groups (broad SMARTS) is 4. The fourth-order valence-electron chi connectivity index (χ4n) is 5.59. The monoisotopic (exact) mass is 839 g/mol. The minimum Gasteiger partial charge on any atom is -0.507 e. The molecule has 0 unspecified atom stereocenters. The van der Waals surface area contributed by atoms with E-state index in [2.05, 4.69) is 20.2 Å². The average Bonchev–Trinajstić information content (AvgIpc) is 3.85. The summed E-state index contributed by atoms with van der Waals surface area (Å²) < 4.78 is 11.4. The van der Waals surface area contributed by atoms with Crippen LogP contribution in [0, 0.1) is 0 Å². The molecule has 314 valence electrons. The molecule has 0 aliphatic rings. The second-order valence-electron chi connectivity index (χ2n) is 13.0. The fourth-order valence-corrected chi connectivity index (χ4v) is 5.59. The Bertz CT molecular complexity index is 2920. The molecule has 2 aromatic heterocycles. The van der Waals surface area contributed by atoms with Crippen molar-refractivity contribution in [2.45, 2.75) is 20.3 Å². The van der Waals surface area contributed by atoms with Crippen LogP contribution in [0.1, 0.15) is 39.3 Å². The largest absolute Gasteiger partial charge is 0.507 e.